The van der Waals surface area contributed by atoms with Gasteiger partial charge < -0.3 is 10.2 Å². The minimum atomic E-state index is -0.191. The van der Waals surface area contributed by atoms with Gasteiger partial charge in [-0.1, -0.05) is 0 Å². The van der Waals surface area contributed by atoms with Crippen molar-refractivity contribution in [3.63, 3.8) is 0 Å². The molecule has 0 radical (unpaired) electrons. The van der Waals surface area contributed by atoms with Crippen molar-refractivity contribution < 1.29 is 4.79 Å². The smallest absolute Gasteiger partial charge is 0.230 e. The molecule has 0 bridgehead atoms. The average molecular weight is 333 g/mol. The van der Waals surface area contributed by atoms with Crippen LogP contribution in [-0.4, -0.2) is 43.5 Å². The van der Waals surface area contributed by atoms with Gasteiger partial charge in [-0.2, -0.15) is 10.4 Å². The van der Waals surface area contributed by atoms with Gasteiger partial charge in [0.1, 0.15) is 5.82 Å². The van der Waals surface area contributed by atoms with E-state index in [9.17, 15) is 4.79 Å². The topological polar surface area (TPSA) is 99.2 Å². The average Bonchev–Trinajstić information content (AvgIpc) is 3.30. The molecular weight excluding hydrogens is 318 g/mol. The molecule has 0 aliphatic carbocycles. The van der Waals surface area contributed by atoms with Crippen molar-refractivity contribution in [3.05, 3.63) is 42.9 Å². The molecule has 4 heterocycles. The monoisotopic (exact) mass is 333 g/mol. The number of pyridine rings is 1. The summed E-state index contributed by atoms with van der Waals surface area (Å²) in [6.45, 7) is 1.08. The van der Waals surface area contributed by atoms with E-state index in [4.69, 9.17) is 5.26 Å². The van der Waals surface area contributed by atoms with Gasteiger partial charge in [0.25, 0.3) is 0 Å². The van der Waals surface area contributed by atoms with E-state index in [-0.39, 0.29) is 11.8 Å². The Morgan fingerprint density at radius 1 is 1.24 bits per heavy atom. The maximum absolute atomic E-state index is 12.4. The first-order valence-corrected chi connectivity index (χ1v) is 7.95. The Hall–Kier alpha value is -3.47. The number of carbonyl (C=O) groups excluding carboxylic acids is 1. The molecule has 0 saturated carbocycles. The fourth-order valence-corrected chi connectivity index (χ4v) is 3.00. The van der Waals surface area contributed by atoms with Gasteiger partial charge in [0.05, 0.1) is 17.8 Å². The first-order chi connectivity index (χ1) is 12.2. The van der Waals surface area contributed by atoms with Crippen LogP contribution in [0.15, 0.2) is 42.9 Å². The predicted octanol–water partition coefficient (Wildman–Crippen LogP) is 1.53. The number of likely N-dealkylation sites (tertiary alicyclic amines) is 1. The molecule has 3 aromatic rings. The van der Waals surface area contributed by atoms with E-state index in [0.717, 1.165) is 16.9 Å². The standard InChI is InChI=1S/C17H15N7O/c18-11-23-8-4-13(10-23)17(25)22-15-9-12(1-5-19-15)14-2-6-20-16-3-7-21-24(14)16/h1-3,5-7,9,13H,4,8,10H2,(H,19,22,25)/t13-/m0/s1. The van der Waals surface area contributed by atoms with E-state index in [1.54, 1.807) is 28.0 Å². The highest BCUT2D eigenvalue weighted by molar-refractivity contribution is 5.92. The van der Waals surface area contributed by atoms with Gasteiger partial charge in [0.15, 0.2) is 11.8 Å². The Morgan fingerprint density at radius 2 is 2.12 bits per heavy atom. The molecule has 3 aromatic heterocycles. The summed E-state index contributed by atoms with van der Waals surface area (Å²) < 4.78 is 1.74. The van der Waals surface area contributed by atoms with Crippen LogP contribution in [0.1, 0.15) is 6.42 Å². The molecule has 4 rings (SSSR count). The van der Waals surface area contributed by atoms with Crippen LogP contribution in [0.3, 0.4) is 0 Å². The van der Waals surface area contributed by atoms with E-state index in [1.165, 1.54) is 0 Å². The Bertz CT molecular complexity index is 974. The predicted molar refractivity (Wildman–Crippen MR) is 90.1 cm³/mol. The number of rotatable bonds is 3. The number of amides is 1. The van der Waals surface area contributed by atoms with Crippen molar-refractivity contribution in [2.75, 3.05) is 18.4 Å². The van der Waals surface area contributed by atoms with Crippen LogP contribution in [0.25, 0.3) is 16.9 Å². The SMILES string of the molecule is N#CN1CC[C@H](C(=O)Nc2cc(-c3ccnc4ccnn34)ccn2)C1. The molecule has 1 aliphatic rings. The molecule has 1 fully saturated rings. The minimum Gasteiger partial charge on any atom is -0.310 e. The van der Waals surface area contributed by atoms with E-state index in [1.807, 2.05) is 24.3 Å². The van der Waals surface area contributed by atoms with E-state index < -0.39 is 0 Å². The van der Waals surface area contributed by atoms with Crippen LogP contribution in [0.4, 0.5) is 5.82 Å². The maximum Gasteiger partial charge on any atom is 0.230 e. The van der Waals surface area contributed by atoms with Gasteiger partial charge in [0, 0.05) is 37.1 Å². The molecule has 25 heavy (non-hydrogen) atoms. The number of nitrogens with zero attached hydrogens (tertiary/aromatic N) is 6. The van der Waals surface area contributed by atoms with E-state index in [2.05, 4.69) is 26.6 Å². The highest BCUT2D eigenvalue weighted by Crippen LogP contribution is 2.22. The van der Waals surface area contributed by atoms with Gasteiger partial charge in [-0.15, -0.1) is 0 Å². The minimum absolute atomic E-state index is 0.110. The molecule has 0 spiro atoms. The molecule has 8 heteroatoms. The van der Waals surface area contributed by atoms with E-state index >= 15 is 0 Å². The van der Waals surface area contributed by atoms with Crippen LogP contribution in [0, 0.1) is 17.4 Å². The molecule has 1 saturated heterocycles. The first-order valence-electron chi connectivity index (χ1n) is 7.95. The van der Waals surface area contributed by atoms with Gasteiger partial charge in [-0.05, 0) is 24.6 Å². The van der Waals surface area contributed by atoms with Gasteiger partial charge >= 0.3 is 0 Å². The Morgan fingerprint density at radius 3 is 2.96 bits per heavy atom. The molecule has 0 aromatic carbocycles. The second-order valence-corrected chi connectivity index (χ2v) is 5.88. The first kappa shape index (κ1) is 15.1. The Labute approximate surface area is 143 Å². The fraction of sp³-hybridized carbons (Fsp3) is 0.235. The molecule has 0 unspecified atom stereocenters. The van der Waals surface area contributed by atoms with Crippen LogP contribution >= 0.6 is 0 Å². The molecule has 1 atom stereocenters. The largest absolute Gasteiger partial charge is 0.310 e. The van der Waals surface area contributed by atoms with Crippen molar-refractivity contribution >= 4 is 17.4 Å². The van der Waals surface area contributed by atoms with Gasteiger partial charge in [-0.25, -0.2) is 14.5 Å². The lowest BCUT2D eigenvalue weighted by Crippen LogP contribution is -2.25. The number of nitriles is 1. The zero-order chi connectivity index (χ0) is 17.2. The van der Waals surface area contributed by atoms with Crippen molar-refractivity contribution in [2.24, 2.45) is 5.92 Å². The number of hydrogen-bond acceptors (Lipinski definition) is 6. The Balaban J connectivity index is 1.57. The summed E-state index contributed by atoms with van der Waals surface area (Å²) in [4.78, 5) is 22.5. The maximum atomic E-state index is 12.4. The lowest BCUT2D eigenvalue weighted by Gasteiger charge is -2.11. The number of hydrogen-bond donors (Lipinski definition) is 1. The summed E-state index contributed by atoms with van der Waals surface area (Å²) >= 11 is 0. The summed E-state index contributed by atoms with van der Waals surface area (Å²) in [6.07, 6.45) is 7.82. The van der Waals surface area contributed by atoms with Crippen molar-refractivity contribution in [2.45, 2.75) is 6.42 Å². The molecule has 124 valence electrons. The summed E-state index contributed by atoms with van der Waals surface area (Å²) in [5.41, 5.74) is 2.50. The number of fused-ring (bicyclic) bond motifs is 1. The summed E-state index contributed by atoms with van der Waals surface area (Å²) in [5.74, 6) is 0.181. The highest BCUT2D eigenvalue weighted by Gasteiger charge is 2.28. The molecule has 1 amide bonds. The number of aromatic nitrogens is 4. The third-order valence-corrected chi connectivity index (χ3v) is 4.30. The van der Waals surface area contributed by atoms with Crippen LogP contribution in [0.2, 0.25) is 0 Å². The molecule has 1 N–H and O–H groups in total. The van der Waals surface area contributed by atoms with Crippen LogP contribution in [-0.2, 0) is 4.79 Å². The fourth-order valence-electron chi connectivity index (χ4n) is 3.00. The van der Waals surface area contributed by atoms with Crippen LogP contribution < -0.4 is 5.32 Å². The Kier molecular flexibility index (Phi) is 3.74. The number of carbonyl (C=O) groups is 1. The second kappa shape index (κ2) is 6.20. The van der Waals surface area contributed by atoms with Gasteiger partial charge in [-0.3, -0.25) is 4.79 Å². The lowest BCUT2D eigenvalue weighted by molar-refractivity contribution is -0.119. The zero-order valence-corrected chi connectivity index (χ0v) is 13.3. The zero-order valence-electron chi connectivity index (χ0n) is 13.3. The summed E-state index contributed by atoms with van der Waals surface area (Å²) in [7, 11) is 0. The third-order valence-electron chi connectivity index (χ3n) is 4.30. The van der Waals surface area contributed by atoms with Gasteiger partial charge in [0.2, 0.25) is 5.91 Å². The van der Waals surface area contributed by atoms with Crippen molar-refractivity contribution in [1.82, 2.24) is 24.5 Å². The van der Waals surface area contributed by atoms with E-state index in [0.29, 0.717) is 25.3 Å². The van der Waals surface area contributed by atoms with Crippen molar-refractivity contribution in [1.29, 1.82) is 5.26 Å². The lowest BCUT2D eigenvalue weighted by atomic mass is 10.1. The molecule has 1 aliphatic heterocycles. The summed E-state index contributed by atoms with van der Waals surface area (Å²) in [5, 5.41) is 16.0. The second-order valence-electron chi connectivity index (χ2n) is 5.88. The number of anilines is 1. The number of nitrogens with one attached hydrogen (secondary N) is 1. The summed E-state index contributed by atoms with van der Waals surface area (Å²) in [6, 6.07) is 7.36. The molecular formula is C17H15N7O. The third kappa shape index (κ3) is 2.87. The van der Waals surface area contributed by atoms with Crippen molar-refractivity contribution in [3.8, 4) is 17.5 Å². The normalized spacial score (nSPS) is 16.8. The highest BCUT2D eigenvalue weighted by atomic mass is 16.2. The quantitative estimate of drug-likeness (QED) is 0.730. The van der Waals surface area contributed by atoms with Crippen LogP contribution in [0.5, 0.6) is 0 Å². The molecule has 8 nitrogen and oxygen atoms in total.